The molecule has 3 heteroatoms. The van der Waals surface area contributed by atoms with E-state index in [1.54, 1.807) is 24.9 Å². The Morgan fingerprint density at radius 3 is 2.38 bits per heavy atom. The molecule has 1 aromatic carbocycles. The minimum Gasteiger partial charge on any atom is -0.468 e. The van der Waals surface area contributed by atoms with Gasteiger partial charge in [-0.05, 0) is 37.6 Å². The molecule has 1 atom stereocenters. The second kappa shape index (κ2) is 4.76. The number of furan rings is 1. The van der Waals surface area contributed by atoms with Crippen LogP contribution in [0.4, 0.5) is 0 Å². The van der Waals surface area contributed by atoms with Crippen LogP contribution in [0, 0.1) is 6.92 Å². The van der Waals surface area contributed by atoms with Gasteiger partial charge >= 0.3 is 0 Å². The van der Waals surface area contributed by atoms with Gasteiger partial charge in [0.05, 0.1) is 17.3 Å². The maximum absolute atomic E-state index is 9.39. The molecule has 0 radical (unpaired) electrons. The fourth-order valence-corrected chi connectivity index (χ4v) is 2.26. The Bertz CT molecular complexity index is 457. The van der Waals surface area contributed by atoms with Crippen LogP contribution in [0.2, 0.25) is 0 Å². The summed E-state index contributed by atoms with van der Waals surface area (Å²) in [6, 6.07) is 9.88. The summed E-state index contributed by atoms with van der Waals surface area (Å²) in [5.41, 5.74) is 0.938. The van der Waals surface area contributed by atoms with Gasteiger partial charge in [-0.15, -0.1) is 0 Å². The summed E-state index contributed by atoms with van der Waals surface area (Å²) < 4.78 is 5.24. The monoisotopic (exact) mass is 234 g/mol. The second-order valence-corrected chi connectivity index (χ2v) is 4.80. The lowest BCUT2D eigenvalue weighted by atomic mass is 10.1. The van der Waals surface area contributed by atoms with Gasteiger partial charge in [0.2, 0.25) is 0 Å². The standard InChI is InChI=1S/C13H14O2S/c1-9(14)11-3-5-12(6-4-11)16-13-7-8-15-10(13)2/h3-9,14H,1-2H3/t9-/m1/s1. The van der Waals surface area contributed by atoms with Crippen molar-refractivity contribution < 1.29 is 9.52 Å². The topological polar surface area (TPSA) is 33.4 Å². The summed E-state index contributed by atoms with van der Waals surface area (Å²) in [6.45, 7) is 3.72. The number of benzene rings is 1. The van der Waals surface area contributed by atoms with Crippen molar-refractivity contribution in [3.8, 4) is 0 Å². The van der Waals surface area contributed by atoms with E-state index in [1.807, 2.05) is 37.3 Å². The highest BCUT2D eigenvalue weighted by molar-refractivity contribution is 7.99. The molecule has 0 fully saturated rings. The molecule has 0 saturated carbocycles. The first kappa shape index (κ1) is 11.3. The minimum absolute atomic E-state index is 0.408. The van der Waals surface area contributed by atoms with E-state index < -0.39 is 6.10 Å². The molecule has 1 aromatic heterocycles. The van der Waals surface area contributed by atoms with Gasteiger partial charge in [-0.1, -0.05) is 23.9 Å². The number of rotatable bonds is 3. The molecule has 0 spiro atoms. The molecule has 2 rings (SSSR count). The van der Waals surface area contributed by atoms with E-state index in [0.29, 0.717) is 0 Å². The maximum atomic E-state index is 9.39. The molecule has 0 unspecified atom stereocenters. The molecular formula is C13H14O2S. The summed E-state index contributed by atoms with van der Waals surface area (Å²) in [6.07, 6.45) is 1.29. The first-order chi connectivity index (χ1) is 7.66. The predicted molar refractivity (Wildman–Crippen MR) is 64.6 cm³/mol. The molecule has 0 saturated heterocycles. The van der Waals surface area contributed by atoms with E-state index in [2.05, 4.69) is 0 Å². The quantitative estimate of drug-likeness (QED) is 0.877. The molecule has 0 bridgehead atoms. The summed E-state index contributed by atoms with van der Waals surface area (Å²) in [7, 11) is 0. The highest BCUT2D eigenvalue weighted by Gasteiger charge is 2.04. The zero-order valence-corrected chi connectivity index (χ0v) is 10.1. The van der Waals surface area contributed by atoms with Crippen LogP contribution in [-0.4, -0.2) is 5.11 Å². The van der Waals surface area contributed by atoms with Crippen molar-refractivity contribution in [2.24, 2.45) is 0 Å². The third kappa shape index (κ3) is 2.49. The van der Waals surface area contributed by atoms with Crippen molar-refractivity contribution in [3.05, 3.63) is 47.9 Å². The normalized spacial score (nSPS) is 12.7. The minimum atomic E-state index is -0.408. The summed E-state index contributed by atoms with van der Waals surface area (Å²) in [5.74, 6) is 0.935. The molecular weight excluding hydrogens is 220 g/mol. The van der Waals surface area contributed by atoms with Crippen LogP contribution in [0.25, 0.3) is 0 Å². The van der Waals surface area contributed by atoms with Crippen molar-refractivity contribution in [2.75, 3.05) is 0 Å². The Labute approximate surface area is 99.3 Å². The number of aliphatic hydroxyl groups excluding tert-OH is 1. The van der Waals surface area contributed by atoms with Gasteiger partial charge in [-0.2, -0.15) is 0 Å². The fraction of sp³-hybridized carbons (Fsp3) is 0.231. The third-order valence-electron chi connectivity index (χ3n) is 2.40. The number of aliphatic hydroxyl groups is 1. The van der Waals surface area contributed by atoms with Crippen molar-refractivity contribution in [2.45, 2.75) is 29.7 Å². The van der Waals surface area contributed by atoms with Gasteiger partial charge in [-0.25, -0.2) is 0 Å². The smallest absolute Gasteiger partial charge is 0.114 e. The summed E-state index contributed by atoms with van der Waals surface area (Å²) >= 11 is 1.67. The van der Waals surface area contributed by atoms with E-state index in [-0.39, 0.29) is 0 Å². The van der Waals surface area contributed by atoms with Crippen LogP contribution in [0.3, 0.4) is 0 Å². The second-order valence-electron chi connectivity index (χ2n) is 3.69. The molecule has 2 nitrogen and oxygen atoms in total. The molecule has 2 aromatic rings. The Morgan fingerprint density at radius 2 is 1.88 bits per heavy atom. The van der Waals surface area contributed by atoms with E-state index in [4.69, 9.17) is 4.42 Å². The van der Waals surface area contributed by atoms with Crippen molar-refractivity contribution in [1.82, 2.24) is 0 Å². The van der Waals surface area contributed by atoms with E-state index in [9.17, 15) is 5.11 Å². The lowest BCUT2D eigenvalue weighted by Gasteiger charge is -2.05. The number of hydrogen-bond donors (Lipinski definition) is 1. The van der Waals surface area contributed by atoms with Gasteiger partial charge in [-0.3, -0.25) is 0 Å². The summed E-state index contributed by atoms with van der Waals surface area (Å²) in [5, 5.41) is 9.39. The van der Waals surface area contributed by atoms with Crippen LogP contribution in [0.15, 0.2) is 50.8 Å². The molecule has 0 amide bonds. The highest BCUT2D eigenvalue weighted by Crippen LogP contribution is 2.31. The number of hydrogen-bond acceptors (Lipinski definition) is 3. The maximum Gasteiger partial charge on any atom is 0.114 e. The highest BCUT2D eigenvalue weighted by atomic mass is 32.2. The van der Waals surface area contributed by atoms with Gasteiger partial charge < -0.3 is 9.52 Å². The van der Waals surface area contributed by atoms with Crippen LogP contribution in [0.1, 0.15) is 24.4 Å². The van der Waals surface area contributed by atoms with Crippen molar-refractivity contribution in [3.63, 3.8) is 0 Å². The SMILES string of the molecule is Cc1occc1Sc1ccc([C@@H](C)O)cc1. The van der Waals surface area contributed by atoms with Gasteiger partial charge in [0.1, 0.15) is 5.76 Å². The lowest BCUT2D eigenvalue weighted by molar-refractivity contribution is 0.199. The van der Waals surface area contributed by atoms with Crippen molar-refractivity contribution in [1.29, 1.82) is 0 Å². The third-order valence-corrected chi connectivity index (χ3v) is 3.55. The predicted octanol–water partition coefficient (Wildman–Crippen LogP) is 3.79. The zero-order chi connectivity index (χ0) is 11.5. The molecule has 0 aliphatic heterocycles. The average Bonchev–Trinajstić information content (AvgIpc) is 2.65. The first-order valence-electron chi connectivity index (χ1n) is 5.17. The van der Waals surface area contributed by atoms with E-state index >= 15 is 0 Å². The van der Waals surface area contributed by atoms with Crippen LogP contribution in [0.5, 0.6) is 0 Å². The molecule has 1 N–H and O–H groups in total. The van der Waals surface area contributed by atoms with Crippen molar-refractivity contribution >= 4 is 11.8 Å². The van der Waals surface area contributed by atoms with Gasteiger partial charge in [0.15, 0.2) is 0 Å². The van der Waals surface area contributed by atoms with Gasteiger partial charge in [0.25, 0.3) is 0 Å². The van der Waals surface area contributed by atoms with Crippen LogP contribution in [-0.2, 0) is 0 Å². The largest absolute Gasteiger partial charge is 0.468 e. The molecule has 1 heterocycles. The molecule has 84 valence electrons. The Hall–Kier alpha value is -1.19. The Morgan fingerprint density at radius 1 is 1.19 bits per heavy atom. The Kier molecular flexibility index (Phi) is 3.36. The average molecular weight is 234 g/mol. The van der Waals surface area contributed by atoms with Gasteiger partial charge in [0, 0.05) is 4.90 Å². The summed E-state index contributed by atoms with van der Waals surface area (Å²) in [4.78, 5) is 2.28. The van der Waals surface area contributed by atoms with E-state index in [0.717, 1.165) is 21.1 Å². The first-order valence-corrected chi connectivity index (χ1v) is 5.98. The number of aryl methyl sites for hydroxylation is 1. The Balaban J connectivity index is 2.14. The fourth-order valence-electron chi connectivity index (χ4n) is 1.42. The van der Waals surface area contributed by atoms with E-state index in [1.165, 1.54) is 0 Å². The molecule has 0 aliphatic carbocycles. The zero-order valence-electron chi connectivity index (χ0n) is 9.31. The van der Waals surface area contributed by atoms with Crippen LogP contribution < -0.4 is 0 Å². The molecule has 0 aliphatic rings. The lowest BCUT2D eigenvalue weighted by Crippen LogP contribution is -1.89. The van der Waals surface area contributed by atoms with Crippen LogP contribution >= 0.6 is 11.8 Å². The molecule has 16 heavy (non-hydrogen) atoms.